The summed E-state index contributed by atoms with van der Waals surface area (Å²) in [6.07, 6.45) is 3.43. The SMILES string of the molecule is Nc1cc2cnncc2s1. The van der Waals surface area contributed by atoms with Crippen LogP contribution in [0.15, 0.2) is 18.5 Å². The van der Waals surface area contributed by atoms with Crippen LogP contribution in [0.5, 0.6) is 0 Å². The van der Waals surface area contributed by atoms with E-state index >= 15 is 0 Å². The van der Waals surface area contributed by atoms with Crippen molar-refractivity contribution in [3.63, 3.8) is 0 Å². The number of thiophene rings is 1. The standard InChI is InChI=1S/C6H5N3S/c7-6-1-4-2-8-9-3-5(4)10-6/h1-3H,7H2. The second-order valence-electron chi connectivity index (χ2n) is 1.96. The van der Waals surface area contributed by atoms with Crippen LogP contribution >= 0.6 is 11.3 Å². The normalized spacial score (nSPS) is 10.4. The third kappa shape index (κ3) is 0.733. The first-order valence-electron chi connectivity index (χ1n) is 2.82. The molecule has 0 saturated carbocycles. The second kappa shape index (κ2) is 1.91. The predicted molar refractivity (Wildman–Crippen MR) is 41.8 cm³/mol. The highest BCUT2D eigenvalue weighted by atomic mass is 32.1. The van der Waals surface area contributed by atoms with Gasteiger partial charge in [0.15, 0.2) is 0 Å². The molecule has 50 valence electrons. The van der Waals surface area contributed by atoms with E-state index in [9.17, 15) is 0 Å². The molecule has 0 fully saturated rings. The van der Waals surface area contributed by atoms with Crippen LogP contribution in [-0.2, 0) is 0 Å². The number of aromatic nitrogens is 2. The molecular weight excluding hydrogens is 146 g/mol. The van der Waals surface area contributed by atoms with Gasteiger partial charge in [0.2, 0.25) is 0 Å². The molecule has 2 aromatic heterocycles. The van der Waals surface area contributed by atoms with Gasteiger partial charge in [0.1, 0.15) is 0 Å². The van der Waals surface area contributed by atoms with Crippen molar-refractivity contribution in [1.29, 1.82) is 0 Å². The molecule has 0 spiro atoms. The fourth-order valence-electron chi connectivity index (χ4n) is 0.823. The number of nitrogen functional groups attached to an aromatic ring is 1. The molecule has 0 aliphatic heterocycles. The van der Waals surface area contributed by atoms with Crippen molar-refractivity contribution in [3.8, 4) is 0 Å². The molecule has 0 aliphatic rings. The summed E-state index contributed by atoms with van der Waals surface area (Å²) >= 11 is 1.53. The zero-order valence-electron chi connectivity index (χ0n) is 5.11. The Balaban J connectivity index is 2.88. The number of fused-ring (bicyclic) bond motifs is 1. The molecule has 2 heterocycles. The summed E-state index contributed by atoms with van der Waals surface area (Å²) in [4.78, 5) is 0. The summed E-state index contributed by atoms with van der Waals surface area (Å²) in [5, 5.41) is 9.34. The molecule has 0 unspecified atom stereocenters. The maximum atomic E-state index is 5.55. The Morgan fingerprint density at radius 2 is 2.10 bits per heavy atom. The van der Waals surface area contributed by atoms with Crippen molar-refractivity contribution in [2.24, 2.45) is 0 Å². The number of anilines is 1. The summed E-state index contributed by atoms with van der Waals surface area (Å²) < 4.78 is 1.09. The molecule has 0 bridgehead atoms. The van der Waals surface area contributed by atoms with Crippen molar-refractivity contribution in [1.82, 2.24) is 10.2 Å². The van der Waals surface area contributed by atoms with Gasteiger partial charge in [-0.1, -0.05) is 0 Å². The van der Waals surface area contributed by atoms with E-state index in [0.717, 1.165) is 15.1 Å². The first-order chi connectivity index (χ1) is 4.86. The van der Waals surface area contributed by atoms with E-state index in [4.69, 9.17) is 5.73 Å². The van der Waals surface area contributed by atoms with Gasteiger partial charge in [-0.05, 0) is 6.07 Å². The third-order valence-electron chi connectivity index (χ3n) is 1.25. The third-order valence-corrected chi connectivity index (χ3v) is 2.16. The van der Waals surface area contributed by atoms with Gasteiger partial charge in [-0.15, -0.1) is 11.3 Å². The van der Waals surface area contributed by atoms with Gasteiger partial charge in [0, 0.05) is 5.39 Å². The molecule has 10 heavy (non-hydrogen) atoms. The first kappa shape index (κ1) is 5.61. The predicted octanol–water partition coefficient (Wildman–Crippen LogP) is 1.27. The lowest BCUT2D eigenvalue weighted by Crippen LogP contribution is -1.74. The second-order valence-corrected chi connectivity index (χ2v) is 3.07. The zero-order chi connectivity index (χ0) is 6.97. The Hall–Kier alpha value is -1.16. The summed E-state index contributed by atoms with van der Waals surface area (Å²) in [5.41, 5.74) is 5.55. The van der Waals surface area contributed by atoms with Gasteiger partial charge in [-0.3, -0.25) is 0 Å². The van der Waals surface area contributed by atoms with E-state index in [1.54, 1.807) is 12.4 Å². The lowest BCUT2D eigenvalue weighted by molar-refractivity contribution is 1.05. The topological polar surface area (TPSA) is 51.8 Å². The average molecular weight is 151 g/mol. The van der Waals surface area contributed by atoms with Crippen LogP contribution < -0.4 is 5.73 Å². The molecule has 2 aromatic rings. The maximum Gasteiger partial charge on any atom is 0.0870 e. The Morgan fingerprint density at radius 3 is 2.90 bits per heavy atom. The van der Waals surface area contributed by atoms with Crippen LogP contribution in [0.2, 0.25) is 0 Å². The Kier molecular flexibility index (Phi) is 1.07. The Bertz CT molecular complexity index is 322. The first-order valence-corrected chi connectivity index (χ1v) is 3.63. The number of hydrogen-bond acceptors (Lipinski definition) is 4. The molecule has 0 atom stereocenters. The lowest BCUT2D eigenvalue weighted by Gasteiger charge is -1.80. The highest BCUT2D eigenvalue weighted by Crippen LogP contribution is 2.24. The van der Waals surface area contributed by atoms with Crippen LogP contribution in [0.4, 0.5) is 5.00 Å². The highest BCUT2D eigenvalue weighted by Gasteiger charge is 1.96. The van der Waals surface area contributed by atoms with E-state index in [-0.39, 0.29) is 0 Å². The van der Waals surface area contributed by atoms with Gasteiger partial charge in [0.05, 0.1) is 22.1 Å². The largest absolute Gasteiger partial charge is 0.391 e. The van der Waals surface area contributed by atoms with Crippen LogP contribution in [-0.4, -0.2) is 10.2 Å². The number of hydrogen-bond donors (Lipinski definition) is 1. The summed E-state index contributed by atoms with van der Waals surface area (Å²) in [5.74, 6) is 0. The van der Waals surface area contributed by atoms with E-state index in [1.165, 1.54) is 11.3 Å². The summed E-state index contributed by atoms with van der Waals surface area (Å²) in [7, 11) is 0. The summed E-state index contributed by atoms with van der Waals surface area (Å²) in [6, 6.07) is 1.90. The van der Waals surface area contributed by atoms with Crippen LogP contribution in [0.1, 0.15) is 0 Å². The van der Waals surface area contributed by atoms with Gasteiger partial charge in [-0.2, -0.15) is 10.2 Å². The minimum absolute atomic E-state index is 0.810. The molecule has 0 aromatic carbocycles. The monoisotopic (exact) mass is 151 g/mol. The quantitative estimate of drug-likeness (QED) is 0.617. The molecule has 4 heteroatoms. The highest BCUT2D eigenvalue weighted by molar-refractivity contribution is 7.22. The van der Waals surface area contributed by atoms with E-state index in [1.807, 2.05) is 6.07 Å². The molecular formula is C6H5N3S. The van der Waals surface area contributed by atoms with Crippen molar-refractivity contribution < 1.29 is 0 Å². The van der Waals surface area contributed by atoms with Crippen molar-refractivity contribution >= 4 is 26.4 Å². The smallest absolute Gasteiger partial charge is 0.0870 e. The fourth-order valence-corrected chi connectivity index (χ4v) is 1.59. The van der Waals surface area contributed by atoms with Gasteiger partial charge >= 0.3 is 0 Å². The van der Waals surface area contributed by atoms with Crippen molar-refractivity contribution in [2.75, 3.05) is 5.73 Å². The van der Waals surface area contributed by atoms with Crippen LogP contribution in [0.3, 0.4) is 0 Å². The van der Waals surface area contributed by atoms with E-state index in [0.29, 0.717) is 0 Å². The van der Waals surface area contributed by atoms with Crippen LogP contribution in [0.25, 0.3) is 10.1 Å². The molecule has 2 N–H and O–H groups in total. The maximum absolute atomic E-state index is 5.55. The molecule has 0 saturated heterocycles. The Labute approximate surface area is 61.5 Å². The van der Waals surface area contributed by atoms with Gasteiger partial charge in [0.25, 0.3) is 0 Å². The van der Waals surface area contributed by atoms with Gasteiger partial charge < -0.3 is 5.73 Å². The zero-order valence-corrected chi connectivity index (χ0v) is 5.93. The van der Waals surface area contributed by atoms with Crippen molar-refractivity contribution in [2.45, 2.75) is 0 Å². The number of rotatable bonds is 0. The molecule has 2 rings (SSSR count). The van der Waals surface area contributed by atoms with Gasteiger partial charge in [-0.25, -0.2) is 0 Å². The Morgan fingerprint density at radius 1 is 1.30 bits per heavy atom. The van der Waals surface area contributed by atoms with Crippen molar-refractivity contribution in [3.05, 3.63) is 18.5 Å². The number of nitrogens with two attached hydrogens (primary N) is 1. The van der Waals surface area contributed by atoms with E-state index < -0.39 is 0 Å². The minimum Gasteiger partial charge on any atom is -0.391 e. The fraction of sp³-hybridized carbons (Fsp3) is 0. The average Bonchev–Trinajstić information content (AvgIpc) is 2.27. The molecule has 3 nitrogen and oxygen atoms in total. The molecule has 0 radical (unpaired) electrons. The van der Waals surface area contributed by atoms with E-state index in [2.05, 4.69) is 10.2 Å². The molecule has 0 aliphatic carbocycles. The van der Waals surface area contributed by atoms with Crippen LogP contribution in [0, 0.1) is 0 Å². The summed E-state index contributed by atoms with van der Waals surface area (Å²) in [6.45, 7) is 0. The lowest BCUT2D eigenvalue weighted by atomic mass is 10.4. The number of nitrogens with zero attached hydrogens (tertiary/aromatic N) is 2. The minimum atomic E-state index is 0.810. The molecule has 0 amide bonds.